The van der Waals surface area contributed by atoms with Gasteiger partial charge in [-0.15, -0.1) is 0 Å². The van der Waals surface area contributed by atoms with Crippen LogP contribution in [-0.2, 0) is 0 Å². The Morgan fingerprint density at radius 2 is 0.814 bits per heavy atom. The second-order valence-corrected chi connectivity index (χ2v) is 11.0. The summed E-state index contributed by atoms with van der Waals surface area (Å²) in [6, 6.07) is 52.0. The van der Waals surface area contributed by atoms with Gasteiger partial charge in [-0.1, -0.05) is 109 Å². The fourth-order valence-electron chi connectivity index (χ4n) is 6.38. The molecule has 0 amide bonds. The number of hydrogen-bond acceptors (Lipinski definition) is 2. The molecule has 0 aliphatic carbocycles. The van der Waals surface area contributed by atoms with Crippen molar-refractivity contribution in [3.05, 3.63) is 162 Å². The first-order chi connectivity index (χ1) is 21.1. The predicted molar refractivity (Wildman–Crippen MR) is 179 cm³/mol. The lowest BCUT2D eigenvalue weighted by atomic mass is 9.90. The van der Waals surface area contributed by atoms with E-state index in [0.717, 1.165) is 38.6 Å². The lowest BCUT2D eigenvalue weighted by Gasteiger charge is -2.13. The van der Waals surface area contributed by atoms with Gasteiger partial charge >= 0.3 is 0 Å². The van der Waals surface area contributed by atoms with Crippen LogP contribution in [0.3, 0.4) is 0 Å². The SMILES string of the molecule is O=[N+]([O-])c1ccccc1-c1cc(-c2ccc3c(ccc4ccccc43)c2)cc(-c2ccc3c(ccc4ccccc43)c2)c1. The van der Waals surface area contributed by atoms with Crippen molar-refractivity contribution in [2.75, 3.05) is 0 Å². The molecule has 3 nitrogen and oxygen atoms in total. The summed E-state index contributed by atoms with van der Waals surface area (Å²) in [5, 5.41) is 21.6. The first kappa shape index (κ1) is 25.0. The Morgan fingerprint density at radius 3 is 1.37 bits per heavy atom. The average molecular weight is 552 g/mol. The predicted octanol–water partition coefficient (Wildman–Crippen LogP) is 11.2. The number of fused-ring (bicyclic) bond motifs is 6. The van der Waals surface area contributed by atoms with E-state index in [-0.39, 0.29) is 10.6 Å². The number of nitrogens with zero attached hydrogens (tertiary/aromatic N) is 1. The minimum absolute atomic E-state index is 0.0977. The Bertz CT molecular complexity index is 2250. The van der Waals surface area contributed by atoms with Gasteiger partial charge in [-0.05, 0) is 107 Å². The minimum Gasteiger partial charge on any atom is -0.258 e. The monoisotopic (exact) mass is 551 g/mol. The fourth-order valence-corrected chi connectivity index (χ4v) is 6.38. The summed E-state index contributed by atoms with van der Waals surface area (Å²) in [5.41, 5.74) is 5.68. The lowest BCUT2D eigenvalue weighted by Crippen LogP contribution is -1.93. The molecule has 0 aliphatic heterocycles. The van der Waals surface area contributed by atoms with Gasteiger partial charge in [0.15, 0.2) is 0 Å². The molecule has 0 radical (unpaired) electrons. The van der Waals surface area contributed by atoms with E-state index in [2.05, 4.69) is 127 Å². The Kier molecular flexibility index (Phi) is 5.76. The van der Waals surface area contributed by atoms with Crippen LogP contribution in [0.5, 0.6) is 0 Å². The molecule has 0 aromatic heterocycles. The van der Waals surface area contributed by atoms with Gasteiger partial charge in [0.05, 0.1) is 10.5 Å². The first-order valence-electron chi connectivity index (χ1n) is 14.4. The first-order valence-corrected chi connectivity index (χ1v) is 14.4. The molecule has 202 valence electrons. The van der Waals surface area contributed by atoms with E-state index in [1.54, 1.807) is 12.1 Å². The molecule has 0 fully saturated rings. The molecule has 0 aliphatic rings. The number of para-hydroxylation sites is 1. The normalized spacial score (nSPS) is 11.4. The zero-order chi connectivity index (χ0) is 28.9. The van der Waals surface area contributed by atoms with E-state index in [0.29, 0.717) is 5.56 Å². The molecule has 0 atom stereocenters. The van der Waals surface area contributed by atoms with Crippen LogP contribution < -0.4 is 0 Å². The van der Waals surface area contributed by atoms with E-state index < -0.39 is 0 Å². The van der Waals surface area contributed by atoms with E-state index in [1.807, 2.05) is 12.1 Å². The Labute approximate surface area is 248 Å². The van der Waals surface area contributed by atoms with Crippen molar-refractivity contribution < 1.29 is 4.92 Å². The highest BCUT2D eigenvalue weighted by molar-refractivity contribution is 6.09. The van der Waals surface area contributed by atoms with Crippen LogP contribution in [0, 0.1) is 10.1 Å². The summed E-state index contributed by atoms with van der Waals surface area (Å²) >= 11 is 0. The van der Waals surface area contributed by atoms with E-state index >= 15 is 0 Å². The summed E-state index contributed by atoms with van der Waals surface area (Å²) in [5.74, 6) is 0. The Morgan fingerprint density at radius 1 is 0.372 bits per heavy atom. The third-order valence-electron chi connectivity index (χ3n) is 8.50. The molecule has 3 heteroatoms. The molecular formula is C40H25NO2. The van der Waals surface area contributed by atoms with E-state index in [4.69, 9.17) is 0 Å². The molecule has 8 aromatic rings. The van der Waals surface area contributed by atoms with E-state index in [1.165, 1.54) is 32.3 Å². The highest BCUT2D eigenvalue weighted by Gasteiger charge is 2.17. The van der Waals surface area contributed by atoms with Crippen molar-refractivity contribution in [1.29, 1.82) is 0 Å². The van der Waals surface area contributed by atoms with Gasteiger partial charge in [0, 0.05) is 6.07 Å². The number of rotatable bonds is 4. The van der Waals surface area contributed by atoms with Gasteiger partial charge in [-0.2, -0.15) is 0 Å². The number of nitro groups is 1. The van der Waals surface area contributed by atoms with Crippen molar-refractivity contribution in [3.63, 3.8) is 0 Å². The number of hydrogen-bond donors (Lipinski definition) is 0. The number of nitro benzene ring substituents is 1. The topological polar surface area (TPSA) is 43.1 Å². The summed E-state index contributed by atoms with van der Waals surface area (Å²) in [4.78, 5) is 11.7. The summed E-state index contributed by atoms with van der Waals surface area (Å²) in [7, 11) is 0. The van der Waals surface area contributed by atoms with Crippen molar-refractivity contribution in [2.24, 2.45) is 0 Å². The smallest absolute Gasteiger partial charge is 0.258 e. The largest absolute Gasteiger partial charge is 0.277 e. The molecule has 0 unspecified atom stereocenters. The maximum Gasteiger partial charge on any atom is 0.277 e. The second-order valence-electron chi connectivity index (χ2n) is 11.0. The fraction of sp³-hybridized carbons (Fsp3) is 0. The lowest BCUT2D eigenvalue weighted by molar-refractivity contribution is -0.384. The molecule has 43 heavy (non-hydrogen) atoms. The van der Waals surface area contributed by atoms with Gasteiger partial charge in [0.1, 0.15) is 0 Å². The van der Waals surface area contributed by atoms with Crippen LogP contribution in [0.2, 0.25) is 0 Å². The van der Waals surface area contributed by atoms with Crippen LogP contribution in [0.4, 0.5) is 5.69 Å². The van der Waals surface area contributed by atoms with Gasteiger partial charge in [0.25, 0.3) is 5.69 Å². The van der Waals surface area contributed by atoms with Crippen LogP contribution in [-0.4, -0.2) is 4.92 Å². The standard InChI is InChI=1S/C40H25NO2/c42-41(43)40-12-6-5-11-39(40)34-24-32(28-17-19-37-30(21-28)15-13-26-7-1-3-9-35(26)37)23-33(25-34)29-18-20-38-31(22-29)16-14-27-8-2-4-10-36(27)38/h1-25H. The molecule has 8 rings (SSSR count). The molecule has 0 spiro atoms. The van der Waals surface area contributed by atoms with Crippen molar-refractivity contribution in [1.82, 2.24) is 0 Å². The van der Waals surface area contributed by atoms with Crippen LogP contribution in [0.15, 0.2) is 152 Å². The van der Waals surface area contributed by atoms with Gasteiger partial charge in [0.2, 0.25) is 0 Å². The van der Waals surface area contributed by atoms with Crippen LogP contribution in [0.25, 0.3) is 76.5 Å². The summed E-state index contributed by atoms with van der Waals surface area (Å²) in [6.45, 7) is 0. The minimum atomic E-state index is -0.302. The second kappa shape index (κ2) is 9.93. The van der Waals surface area contributed by atoms with Crippen molar-refractivity contribution in [2.45, 2.75) is 0 Å². The molecule has 8 aromatic carbocycles. The maximum atomic E-state index is 12.0. The highest BCUT2D eigenvalue weighted by atomic mass is 16.6. The number of benzene rings is 8. The van der Waals surface area contributed by atoms with E-state index in [9.17, 15) is 10.1 Å². The van der Waals surface area contributed by atoms with Crippen molar-refractivity contribution >= 4 is 48.8 Å². The zero-order valence-electron chi connectivity index (χ0n) is 23.2. The Hall–Kier alpha value is -5.80. The third-order valence-corrected chi connectivity index (χ3v) is 8.50. The summed E-state index contributed by atoms with van der Waals surface area (Å²) in [6.07, 6.45) is 0. The molecule has 0 N–H and O–H groups in total. The molecule has 0 saturated carbocycles. The van der Waals surface area contributed by atoms with Gasteiger partial charge in [-0.3, -0.25) is 10.1 Å². The molecule has 0 saturated heterocycles. The molecular weight excluding hydrogens is 526 g/mol. The molecule has 0 bridgehead atoms. The van der Waals surface area contributed by atoms with Crippen LogP contribution in [0.1, 0.15) is 0 Å². The zero-order valence-corrected chi connectivity index (χ0v) is 23.2. The van der Waals surface area contributed by atoms with Gasteiger partial charge < -0.3 is 0 Å². The summed E-state index contributed by atoms with van der Waals surface area (Å²) < 4.78 is 0. The molecule has 0 heterocycles. The maximum absolute atomic E-state index is 12.0. The average Bonchev–Trinajstić information content (AvgIpc) is 3.07. The van der Waals surface area contributed by atoms with Crippen molar-refractivity contribution in [3.8, 4) is 33.4 Å². The third kappa shape index (κ3) is 4.30. The quantitative estimate of drug-likeness (QED) is 0.124. The van der Waals surface area contributed by atoms with Crippen LogP contribution >= 0.6 is 0 Å². The Balaban J connectivity index is 1.34. The highest BCUT2D eigenvalue weighted by Crippen LogP contribution is 2.39. The van der Waals surface area contributed by atoms with Gasteiger partial charge in [-0.25, -0.2) is 0 Å².